The molecule has 0 spiro atoms. The van der Waals surface area contributed by atoms with E-state index in [2.05, 4.69) is 13.0 Å². The van der Waals surface area contributed by atoms with Crippen LogP contribution in [0.1, 0.15) is 58.3 Å². The van der Waals surface area contributed by atoms with Crippen LogP contribution in [0.5, 0.6) is 0 Å². The highest BCUT2D eigenvalue weighted by Crippen LogP contribution is 2.65. The Kier molecular flexibility index (Phi) is 3.49. The highest BCUT2D eigenvalue weighted by Gasteiger charge is 2.61. The van der Waals surface area contributed by atoms with Crippen molar-refractivity contribution in [3.05, 3.63) is 12.2 Å². The van der Waals surface area contributed by atoms with E-state index in [0.29, 0.717) is 17.3 Å². The van der Waals surface area contributed by atoms with Crippen molar-refractivity contribution in [2.75, 3.05) is 0 Å². The van der Waals surface area contributed by atoms with Crippen LogP contribution in [0.25, 0.3) is 0 Å². The van der Waals surface area contributed by atoms with Crippen LogP contribution in [-0.2, 0) is 0 Å². The summed E-state index contributed by atoms with van der Waals surface area (Å²) >= 11 is 0. The minimum absolute atomic E-state index is 0.209. The molecule has 3 heteroatoms. The molecule has 4 aliphatic rings. The summed E-state index contributed by atoms with van der Waals surface area (Å²) in [6.45, 7) is 2.46. The van der Waals surface area contributed by atoms with Gasteiger partial charge in [0.05, 0.1) is 6.10 Å². The molecule has 124 valence electrons. The summed E-state index contributed by atoms with van der Waals surface area (Å²) in [4.78, 5) is 0. The van der Waals surface area contributed by atoms with Crippen molar-refractivity contribution in [1.29, 1.82) is 0 Å². The van der Waals surface area contributed by atoms with Crippen molar-refractivity contribution in [3.8, 4) is 0 Å². The second-order valence-electron chi connectivity index (χ2n) is 8.70. The molecule has 0 aromatic carbocycles. The van der Waals surface area contributed by atoms with Gasteiger partial charge in [0.1, 0.15) is 0 Å². The van der Waals surface area contributed by atoms with Gasteiger partial charge in [-0.05, 0) is 67.6 Å². The molecule has 3 N–H and O–H groups in total. The van der Waals surface area contributed by atoms with Crippen LogP contribution in [0.4, 0.5) is 0 Å². The second-order valence-corrected chi connectivity index (χ2v) is 8.70. The predicted molar refractivity (Wildman–Crippen MR) is 84.8 cm³/mol. The van der Waals surface area contributed by atoms with Gasteiger partial charge in [0.15, 0.2) is 6.29 Å². The van der Waals surface area contributed by atoms with Gasteiger partial charge < -0.3 is 15.3 Å². The third-order valence-electron chi connectivity index (χ3n) is 8.07. The average Bonchev–Trinajstić information content (AvgIpc) is 2.93. The molecule has 0 bridgehead atoms. The molecule has 4 rings (SSSR count). The lowest BCUT2D eigenvalue weighted by Gasteiger charge is -2.61. The van der Waals surface area contributed by atoms with Crippen molar-refractivity contribution in [1.82, 2.24) is 0 Å². The number of aliphatic hydroxyl groups is 3. The standard InChI is InChI=1S/C19H30O3/c1-18-8-3-2-5-12(18)11-15(20)16-13(18)7-10-19(17(21)22)9-4-6-14(16)19/h4,9,12-17,20-22H,2-3,5-8,10-11H2,1H3/t12?,13-,14-,15-,16+,18-,19+/m0/s1. The van der Waals surface area contributed by atoms with E-state index in [9.17, 15) is 15.3 Å². The van der Waals surface area contributed by atoms with Crippen molar-refractivity contribution >= 4 is 0 Å². The summed E-state index contributed by atoms with van der Waals surface area (Å²) in [5, 5.41) is 31.0. The fourth-order valence-corrected chi connectivity index (χ4v) is 6.91. The zero-order valence-corrected chi connectivity index (χ0v) is 13.6. The molecule has 4 aliphatic carbocycles. The molecule has 22 heavy (non-hydrogen) atoms. The zero-order valence-electron chi connectivity index (χ0n) is 13.6. The van der Waals surface area contributed by atoms with E-state index in [0.717, 1.165) is 25.7 Å². The van der Waals surface area contributed by atoms with Crippen molar-refractivity contribution < 1.29 is 15.3 Å². The quantitative estimate of drug-likeness (QED) is 0.516. The Bertz CT molecular complexity index is 473. The Balaban J connectivity index is 1.70. The number of hydrogen-bond donors (Lipinski definition) is 3. The summed E-state index contributed by atoms with van der Waals surface area (Å²) in [6, 6.07) is 0. The molecule has 7 atom stereocenters. The first-order valence-corrected chi connectivity index (χ1v) is 9.21. The second kappa shape index (κ2) is 5.06. The molecule has 0 heterocycles. The molecule has 0 amide bonds. The summed E-state index contributed by atoms with van der Waals surface area (Å²) < 4.78 is 0. The van der Waals surface area contributed by atoms with Gasteiger partial charge in [-0.2, -0.15) is 0 Å². The van der Waals surface area contributed by atoms with Gasteiger partial charge in [-0.1, -0.05) is 31.9 Å². The van der Waals surface area contributed by atoms with Gasteiger partial charge in [-0.25, -0.2) is 0 Å². The summed E-state index contributed by atoms with van der Waals surface area (Å²) in [6.07, 6.45) is 11.5. The smallest absolute Gasteiger partial charge is 0.160 e. The van der Waals surface area contributed by atoms with Crippen LogP contribution in [0, 0.1) is 34.5 Å². The van der Waals surface area contributed by atoms with Crippen molar-refractivity contribution in [2.45, 2.75) is 70.7 Å². The topological polar surface area (TPSA) is 60.7 Å². The molecule has 3 saturated carbocycles. The number of fused-ring (bicyclic) bond motifs is 5. The third kappa shape index (κ3) is 1.85. The first-order chi connectivity index (χ1) is 10.5. The summed E-state index contributed by atoms with van der Waals surface area (Å²) in [5.74, 6) is 1.67. The number of hydrogen-bond acceptors (Lipinski definition) is 3. The van der Waals surface area contributed by atoms with Crippen LogP contribution in [0.2, 0.25) is 0 Å². The van der Waals surface area contributed by atoms with E-state index in [-0.39, 0.29) is 17.9 Å². The molecular weight excluding hydrogens is 276 g/mol. The molecule has 1 unspecified atom stereocenters. The largest absolute Gasteiger partial charge is 0.393 e. The zero-order chi connectivity index (χ0) is 15.5. The first kappa shape index (κ1) is 15.2. The lowest BCUT2D eigenvalue weighted by Crippen LogP contribution is -2.59. The third-order valence-corrected chi connectivity index (χ3v) is 8.07. The number of rotatable bonds is 1. The lowest BCUT2D eigenvalue weighted by molar-refractivity contribution is -0.208. The van der Waals surface area contributed by atoms with Crippen LogP contribution < -0.4 is 0 Å². The van der Waals surface area contributed by atoms with Gasteiger partial charge in [0.25, 0.3) is 0 Å². The van der Waals surface area contributed by atoms with Crippen molar-refractivity contribution in [2.24, 2.45) is 34.5 Å². The molecule has 0 aliphatic heterocycles. The summed E-state index contributed by atoms with van der Waals surface area (Å²) in [7, 11) is 0. The molecule has 3 fully saturated rings. The number of aliphatic hydroxyl groups excluding tert-OH is 2. The van der Waals surface area contributed by atoms with Crippen LogP contribution in [0.3, 0.4) is 0 Å². The molecular formula is C19H30O3. The Morgan fingerprint density at radius 2 is 1.91 bits per heavy atom. The Morgan fingerprint density at radius 1 is 1.09 bits per heavy atom. The van der Waals surface area contributed by atoms with Crippen LogP contribution in [-0.4, -0.2) is 27.7 Å². The summed E-state index contributed by atoms with van der Waals surface area (Å²) in [5.41, 5.74) is -0.142. The maximum atomic E-state index is 10.9. The SMILES string of the molecule is C[C@]12CCCCC1C[C@H](O)[C@@H]1[C@@H]2CC[C@]2(C(O)O)C=CC[C@@H]12. The highest BCUT2D eigenvalue weighted by molar-refractivity contribution is 5.19. The minimum Gasteiger partial charge on any atom is -0.393 e. The number of allylic oxidation sites excluding steroid dienone is 1. The molecule has 0 aromatic heterocycles. The van der Waals surface area contributed by atoms with Crippen LogP contribution >= 0.6 is 0 Å². The maximum Gasteiger partial charge on any atom is 0.160 e. The first-order valence-electron chi connectivity index (χ1n) is 9.21. The fraction of sp³-hybridized carbons (Fsp3) is 0.895. The monoisotopic (exact) mass is 306 g/mol. The van der Waals surface area contributed by atoms with Gasteiger partial charge in [-0.3, -0.25) is 0 Å². The van der Waals surface area contributed by atoms with E-state index in [4.69, 9.17) is 0 Å². The van der Waals surface area contributed by atoms with Gasteiger partial charge in [0, 0.05) is 5.41 Å². The van der Waals surface area contributed by atoms with Crippen molar-refractivity contribution in [3.63, 3.8) is 0 Å². The molecule has 0 radical (unpaired) electrons. The van der Waals surface area contributed by atoms with Crippen LogP contribution in [0.15, 0.2) is 12.2 Å². The van der Waals surface area contributed by atoms with E-state index >= 15 is 0 Å². The van der Waals surface area contributed by atoms with E-state index in [1.54, 1.807) is 0 Å². The van der Waals surface area contributed by atoms with Gasteiger partial charge in [0.2, 0.25) is 0 Å². The highest BCUT2D eigenvalue weighted by atomic mass is 16.5. The Hall–Kier alpha value is -0.380. The van der Waals surface area contributed by atoms with Gasteiger partial charge in [-0.15, -0.1) is 0 Å². The molecule has 0 saturated heterocycles. The van der Waals surface area contributed by atoms with Gasteiger partial charge >= 0.3 is 0 Å². The fourth-order valence-electron chi connectivity index (χ4n) is 6.91. The Morgan fingerprint density at radius 3 is 2.68 bits per heavy atom. The molecule has 0 aromatic rings. The maximum absolute atomic E-state index is 10.9. The lowest BCUT2D eigenvalue weighted by atomic mass is 9.44. The van der Waals surface area contributed by atoms with E-state index in [1.165, 1.54) is 25.7 Å². The normalized spacial score (nSPS) is 54.0. The predicted octanol–water partition coefficient (Wildman–Crippen LogP) is 2.85. The minimum atomic E-state index is -1.29. The van der Waals surface area contributed by atoms with E-state index in [1.807, 2.05) is 6.08 Å². The molecule has 3 nitrogen and oxygen atoms in total. The Labute approximate surface area is 133 Å². The average molecular weight is 306 g/mol. The van der Waals surface area contributed by atoms with E-state index < -0.39 is 11.7 Å².